The van der Waals surface area contributed by atoms with Gasteiger partial charge >= 0.3 is 0 Å². The predicted molar refractivity (Wildman–Crippen MR) is 93.4 cm³/mol. The zero-order chi connectivity index (χ0) is 16.8. The predicted octanol–water partition coefficient (Wildman–Crippen LogP) is 2.64. The van der Waals surface area contributed by atoms with Crippen LogP contribution >= 0.6 is 11.6 Å². The molecule has 126 valence electrons. The van der Waals surface area contributed by atoms with Gasteiger partial charge in [0.1, 0.15) is 0 Å². The van der Waals surface area contributed by atoms with E-state index in [2.05, 4.69) is 5.10 Å². The van der Waals surface area contributed by atoms with E-state index in [0.29, 0.717) is 22.6 Å². The second-order valence-electron chi connectivity index (χ2n) is 6.94. The van der Waals surface area contributed by atoms with Gasteiger partial charge in [0.25, 0.3) is 5.91 Å². The number of hydrogen-bond donors (Lipinski definition) is 1. The van der Waals surface area contributed by atoms with E-state index >= 15 is 0 Å². The maximum absolute atomic E-state index is 12.8. The van der Waals surface area contributed by atoms with Gasteiger partial charge < -0.3 is 10.6 Å². The van der Waals surface area contributed by atoms with Crippen molar-refractivity contribution < 1.29 is 4.79 Å². The molecule has 24 heavy (non-hydrogen) atoms. The van der Waals surface area contributed by atoms with Gasteiger partial charge in [-0.1, -0.05) is 17.7 Å². The first-order chi connectivity index (χ1) is 11.5. The van der Waals surface area contributed by atoms with Gasteiger partial charge in [0.15, 0.2) is 5.69 Å². The molecular formula is C18H21ClN4O. The van der Waals surface area contributed by atoms with E-state index in [1.807, 2.05) is 42.2 Å². The number of nitrogens with two attached hydrogens (primary N) is 1. The Morgan fingerprint density at radius 3 is 2.88 bits per heavy atom. The lowest BCUT2D eigenvalue weighted by molar-refractivity contribution is 0.0773. The molecule has 2 aliphatic rings. The van der Waals surface area contributed by atoms with Gasteiger partial charge in [0, 0.05) is 29.8 Å². The molecule has 0 bridgehead atoms. The number of benzene rings is 1. The Bertz CT molecular complexity index is 787. The normalized spacial score (nSPS) is 26.0. The number of halogens is 1. The average Bonchev–Trinajstić information content (AvgIpc) is 3.23. The minimum atomic E-state index is 0.000443. The Morgan fingerprint density at radius 1 is 1.29 bits per heavy atom. The highest BCUT2D eigenvalue weighted by Crippen LogP contribution is 2.37. The highest BCUT2D eigenvalue weighted by molar-refractivity contribution is 6.30. The number of likely N-dealkylation sites (tertiary alicyclic amines) is 1. The monoisotopic (exact) mass is 344 g/mol. The maximum atomic E-state index is 12.8. The Hall–Kier alpha value is -1.85. The fraction of sp³-hybridized carbons (Fsp3) is 0.444. The lowest BCUT2D eigenvalue weighted by Crippen LogP contribution is -2.33. The molecule has 1 aromatic heterocycles. The van der Waals surface area contributed by atoms with Crippen LogP contribution in [0.25, 0.3) is 5.69 Å². The van der Waals surface area contributed by atoms with Crippen molar-refractivity contribution >= 4 is 17.5 Å². The molecule has 0 radical (unpaired) electrons. The SMILES string of the molecule is Cc1cc(C(=O)N2CC3CCC(N)C3C2)nn1-c1cccc(Cl)c1. The first kappa shape index (κ1) is 15.7. The zero-order valence-corrected chi connectivity index (χ0v) is 14.4. The average molecular weight is 345 g/mol. The van der Waals surface area contributed by atoms with Crippen LogP contribution in [0, 0.1) is 18.8 Å². The number of aromatic nitrogens is 2. The fourth-order valence-corrected chi connectivity index (χ4v) is 4.27. The van der Waals surface area contributed by atoms with Gasteiger partial charge in [-0.3, -0.25) is 4.79 Å². The van der Waals surface area contributed by atoms with Crippen LogP contribution in [0.3, 0.4) is 0 Å². The summed E-state index contributed by atoms with van der Waals surface area (Å²) in [6.45, 7) is 3.51. The third-order valence-corrected chi connectivity index (χ3v) is 5.59. The number of carbonyl (C=O) groups is 1. The summed E-state index contributed by atoms with van der Waals surface area (Å²) in [6, 6.07) is 9.55. The molecule has 2 N–H and O–H groups in total. The van der Waals surface area contributed by atoms with Crippen molar-refractivity contribution in [2.45, 2.75) is 25.8 Å². The number of nitrogens with zero attached hydrogens (tertiary/aromatic N) is 3. The Kier molecular flexibility index (Phi) is 3.85. The summed E-state index contributed by atoms with van der Waals surface area (Å²) in [5, 5.41) is 5.16. The van der Waals surface area contributed by atoms with Crippen molar-refractivity contribution in [2.75, 3.05) is 13.1 Å². The lowest BCUT2D eigenvalue weighted by Gasteiger charge is -2.17. The molecule has 3 atom stereocenters. The molecule has 3 unspecified atom stereocenters. The Labute approximate surface area is 146 Å². The third kappa shape index (κ3) is 2.62. The van der Waals surface area contributed by atoms with Crippen LogP contribution in [0.2, 0.25) is 5.02 Å². The minimum absolute atomic E-state index is 0.000443. The summed E-state index contributed by atoms with van der Waals surface area (Å²) in [4.78, 5) is 14.7. The van der Waals surface area contributed by atoms with Crippen molar-refractivity contribution in [3.63, 3.8) is 0 Å². The molecule has 2 heterocycles. The van der Waals surface area contributed by atoms with Gasteiger partial charge in [-0.25, -0.2) is 4.68 Å². The molecule has 1 amide bonds. The maximum Gasteiger partial charge on any atom is 0.274 e. The molecule has 2 aromatic rings. The van der Waals surface area contributed by atoms with Gasteiger partial charge in [-0.15, -0.1) is 0 Å². The topological polar surface area (TPSA) is 64.2 Å². The van der Waals surface area contributed by atoms with Crippen LogP contribution in [0.5, 0.6) is 0 Å². The molecule has 1 aromatic carbocycles. The quantitative estimate of drug-likeness (QED) is 0.910. The van der Waals surface area contributed by atoms with Crippen LogP contribution in [0.4, 0.5) is 0 Å². The summed E-state index contributed by atoms with van der Waals surface area (Å²) in [5.41, 5.74) is 8.43. The molecule has 1 saturated heterocycles. The molecule has 1 aliphatic heterocycles. The zero-order valence-electron chi connectivity index (χ0n) is 13.7. The van der Waals surface area contributed by atoms with Crippen molar-refractivity contribution in [1.29, 1.82) is 0 Å². The van der Waals surface area contributed by atoms with E-state index in [0.717, 1.165) is 37.3 Å². The number of carbonyl (C=O) groups excluding carboxylic acids is 1. The van der Waals surface area contributed by atoms with Crippen LogP contribution in [0.15, 0.2) is 30.3 Å². The van der Waals surface area contributed by atoms with Gasteiger partial charge in [-0.05, 0) is 55.9 Å². The molecule has 4 rings (SSSR count). The molecule has 5 nitrogen and oxygen atoms in total. The van der Waals surface area contributed by atoms with Crippen molar-refractivity contribution in [1.82, 2.24) is 14.7 Å². The molecule has 6 heteroatoms. The lowest BCUT2D eigenvalue weighted by atomic mass is 9.98. The fourth-order valence-electron chi connectivity index (χ4n) is 4.08. The van der Waals surface area contributed by atoms with E-state index in [4.69, 9.17) is 17.3 Å². The summed E-state index contributed by atoms with van der Waals surface area (Å²) < 4.78 is 1.77. The second kappa shape index (κ2) is 5.90. The second-order valence-corrected chi connectivity index (χ2v) is 7.37. The summed E-state index contributed by atoms with van der Waals surface area (Å²) in [7, 11) is 0. The van der Waals surface area contributed by atoms with Crippen LogP contribution in [-0.2, 0) is 0 Å². The van der Waals surface area contributed by atoms with E-state index in [-0.39, 0.29) is 11.9 Å². The number of rotatable bonds is 2. The van der Waals surface area contributed by atoms with Crippen molar-refractivity contribution in [2.24, 2.45) is 17.6 Å². The largest absolute Gasteiger partial charge is 0.337 e. The molecular weight excluding hydrogens is 324 g/mol. The number of hydrogen-bond acceptors (Lipinski definition) is 3. The highest BCUT2D eigenvalue weighted by Gasteiger charge is 2.43. The van der Waals surface area contributed by atoms with Crippen LogP contribution in [0.1, 0.15) is 29.0 Å². The Morgan fingerprint density at radius 2 is 2.12 bits per heavy atom. The summed E-state index contributed by atoms with van der Waals surface area (Å²) in [6.07, 6.45) is 2.21. The van der Waals surface area contributed by atoms with Crippen molar-refractivity contribution in [3.8, 4) is 5.69 Å². The number of fused-ring (bicyclic) bond motifs is 1. The highest BCUT2D eigenvalue weighted by atomic mass is 35.5. The summed E-state index contributed by atoms with van der Waals surface area (Å²) in [5.74, 6) is 1.01. The van der Waals surface area contributed by atoms with E-state index in [9.17, 15) is 4.79 Å². The van der Waals surface area contributed by atoms with Gasteiger partial charge in [0.2, 0.25) is 0 Å². The molecule has 0 spiro atoms. The Balaban J connectivity index is 1.57. The molecule has 1 saturated carbocycles. The van der Waals surface area contributed by atoms with E-state index in [1.54, 1.807) is 4.68 Å². The molecule has 1 aliphatic carbocycles. The van der Waals surface area contributed by atoms with Crippen LogP contribution < -0.4 is 5.73 Å². The minimum Gasteiger partial charge on any atom is -0.337 e. The molecule has 2 fully saturated rings. The number of amides is 1. The van der Waals surface area contributed by atoms with Crippen molar-refractivity contribution in [3.05, 3.63) is 46.7 Å². The number of aryl methyl sites for hydroxylation is 1. The standard InChI is InChI=1S/C18H21ClN4O/c1-11-7-17(21-23(11)14-4-2-3-13(19)8-14)18(24)22-9-12-5-6-16(20)15(12)10-22/h2-4,7-8,12,15-16H,5-6,9-10,20H2,1H3. The first-order valence-corrected chi connectivity index (χ1v) is 8.78. The van der Waals surface area contributed by atoms with E-state index < -0.39 is 0 Å². The van der Waals surface area contributed by atoms with E-state index in [1.165, 1.54) is 0 Å². The van der Waals surface area contributed by atoms with Crippen LogP contribution in [-0.4, -0.2) is 39.7 Å². The summed E-state index contributed by atoms with van der Waals surface area (Å²) >= 11 is 6.06. The van der Waals surface area contributed by atoms with Gasteiger partial charge in [-0.2, -0.15) is 5.10 Å². The van der Waals surface area contributed by atoms with Gasteiger partial charge in [0.05, 0.1) is 5.69 Å². The first-order valence-electron chi connectivity index (χ1n) is 8.40. The third-order valence-electron chi connectivity index (χ3n) is 5.36. The smallest absolute Gasteiger partial charge is 0.274 e.